The fourth-order valence-electron chi connectivity index (χ4n) is 2.59. The lowest BCUT2D eigenvalue weighted by atomic mass is 9.97. The van der Waals surface area contributed by atoms with Crippen molar-refractivity contribution >= 4 is 23.3 Å². The molecule has 3 amide bonds. The van der Waals surface area contributed by atoms with E-state index in [0.717, 1.165) is 25.8 Å². The van der Waals surface area contributed by atoms with Gasteiger partial charge in [-0.25, -0.2) is 4.79 Å². The third-order valence-corrected chi connectivity index (χ3v) is 4.66. The van der Waals surface area contributed by atoms with Crippen LogP contribution in [0.1, 0.15) is 17.7 Å². The van der Waals surface area contributed by atoms with E-state index < -0.39 is 0 Å². The largest absolute Gasteiger partial charge is 0.349 e. The van der Waals surface area contributed by atoms with Crippen LogP contribution in [0, 0.1) is 5.92 Å². The van der Waals surface area contributed by atoms with Crippen molar-refractivity contribution in [2.75, 3.05) is 33.7 Å². The molecule has 0 bridgehead atoms. The Morgan fingerprint density at radius 3 is 2.95 bits per heavy atom. The van der Waals surface area contributed by atoms with Crippen molar-refractivity contribution in [2.45, 2.75) is 19.3 Å². The van der Waals surface area contributed by atoms with Crippen molar-refractivity contribution in [1.82, 2.24) is 15.1 Å². The maximum absolute atomic E-state index is 12.2. The third-order valence-electron chi connectivity index (χ3n) is 3.73. The SMILES string of the molecule is CN(C)C(=O)C1CCCN(C(=O)NCCc2cccs2)C1. The lowest BCUT2D eigenvalue weighted by Crippen LogP contribution is -2.49. The third kappa shape index (κ3) is 4.46. The van der Waals surface area contributed by atoms with E-state index in [1.54, 1.807) is 35.2 Å². The van der Waals surface area contributed by atoms with Crippen LogP contribution in [0.3, 0.4) is 0 Å². The van der Waals surface area contributed by atoms with Gasteiger partial charge in [-0.15, -0.1) is 11.3 Å². The second-order valence-electron chi connectivity index (χ2n) is 5.58. The van der Waals surface area contributed by atoms with Gasteiger partial charge >= 0.3 is 6.03 Å². The highest BCUT2D eigenvalue weighted by Gasteiger charge is 2.29. The van der Waals surface area contributed by atoms with Crippen molar-refractivity contribution in [3.8, 4) is 0 Å². The van der Waals surface area contributed by atoms with Crippen LogP contribution in [-0.2, 0) is 11.2 Å². The molecule has 1 aliphatic rings. The molecule has 0 aliphatic carbocycles. The zero-order valence-electron chi connectivity index (χ0n) is 12.7. The topological polar surface area (TPSA) is 52.7 Å². The van der Waals surface area contributed by atoms with E-state index in [4.69, 9.17) is 0 Å². The van der Waals surface area contributed by atoms with E-state index in [1.807, 2.05) is 11.4 Å². The van der Waals surface area contributed by atoms with Crippen molar-refractivity contribution in [1.29, 1.82) is 0 Å². The summed E-state index contributed by atoms with van der Waals surface area (Å²) in [5, 5.41) is 4.99. The lowest BCUT2D eigenvalue weighted by Gasteiger charge is -2.33. The molecular formula is C15H23N3O2S. The minimum Gasteiger partial charge on any atom is -0.349 e. The molecule has 1 aromatic heterocycles. The molecule has 2 heterocycles. The smallest absolute Gasteiger partial charge is 0.317 e. The van der Waals surface area contributed by atoms with Gasteiger partial charge in [-0.1, -0.05) is 6.07 Å². The highest BCUT2D eigenvalue weighted by atomic mass is 32.1. The number of hydrogen-bond acceptors (Lipinski definition) is 3. The van der Waals surface area contributed by atoms with Crippen LogP contribution in [0.15, 0.2) is 17.5 Å². The molecule has 6 heteroatoms. The number of carbonyl (C=O) groups excluding carboxylic acids is 2. The number of carbonyl (C=O) groups is 2. The van der Waals surface area contributed by atoms with Gasteiger partial charge in [0.05, 0.1) is 5.92 Å². The average molecular weight is 309 g/mol. The van der Waals surface area contributed by atoms with Gasteiger partial charge in [0, 0.05) is 38.6 Å². The van der Waals surface area contributed by atoms with E-state index in [0.29, 0.717) is 13.1 Å². The molecule has 0 aromatic carbocycles. The maximum Gasteiger partial charge on any atom is 0.317 e. The van der Waals surface area contributed by atoms with Crippen molar-refractivity contribution in [3.05, 3.63) is 22.4 Å². The number of hydrogen-bond donors (Lipinski definition) is 1. The number of piperidine rings is 1. The molecule has 0 saturated carbocycles. The Morgan fingerprint density at radius 1 is 1.48 bits per heavy atom. The van der Waals surface area contributed by atoms with Gasteiger partial charge in [0.25, 0.3) is 0 Å². The van der Waals surface area contributed by atoms with Crippen molar-refractivity contribution in [3.63, 3.8) is 0 Å². The molecule has 0 spiro atoms. The summed E-state index contributed by atoms with van der Waals surface area (Å²) in [5.41, 5.74) is 0. The van der Waals surface area contributed by atoms with Gasteiger partial charge in [0.2, 0.25) is 5.91 Å². The molecule has 5 nitrogen and oxygen atoms in total. The number of likely N-dealkylation sites (tertiary alicyclic amines) is 1. The first kappa shape index (κ1) is 15.8. The summed E-state index contributed by atoms with van der Waals surface area (Å²) in [6.07, 6.45) is 2.62. The number of amides is 3. The van der Waals surface area contributed by atoms with E-state index >= 15 is 0 Å². The molecule has 1 aromatic rings. The zero-order valence-corrected chi connectivity index (χ0v) is 13.5. The van der Waals surface area contributed by atoms with Crippen LogP contribution < -0.4 is 5.32 Å². The summed E-state index contributed by atoms with van der Waals surface area (Å²) in [4.78, 5) is 28.8. The van der Waals surface area contributed by atoms with Gasteiger partial charge in [0.1, 0.15) is 0 Å². The predicted octanol–water partition coefficient (Wildman–Crippen LogP) is 1.80. The first-order chi connectivity index (χ1) is 10.1. The minimum absolute atomic E-state index is 0.0530. The Kier molecular flexibility index (Phi) is 5.61. The first-order valence-electron chi connectivity index (χ1n) is 7.34. The predicted molar refractivity (Wildman–Crippen MR) is 84.4 cm³/mol. The van der Waals surface area contributed by atoms with Crippen LogP contribution in [0.2, 0.25) is 0 Å². The highest BCUT2D eigenvalue weighted by molar-refractivity contribution is 7.09. The van der Waals surface area contributed by atoms with Crippen LogP contribution >= 0.6 is 11.3 Å². The van der Waals surface area contributed by atoms with E-state index in [2.05, 4.69) is 11.4 Å². The number of urea groups is 1. The van der Waals surface area contributed by atoms with Gasteiger partial charge in [-0.05, 0) is 30.7 Å². The maximum atomic E-state index is 12.2. The molecule has 21 heavy (non-hydrogen) atoms. The zero-order chi connectivity index (χ0) is 15.2. The fourth-order valence-corrected chi connectivity index (χ4v) is 3.30. The molecule has 1 unspecified atom stereocenters. The van der Waals surface area contributed by atoms with Crippen LogP contribution in [0.4, 0.5) is 4.79 Å². The monoisotopic (exact) mass is 309 g/mol. The Balaban J connectivity index is 1.77. The van der Waals surface area contributed by atoms with Crippen molar-refractivity contribution < 1.29 is 9.59 Å². The van der Waals surface area contributed by atoms with E-state index in [9.17, 15) is 9.59 Å². The molecule has 0 radical (unpaired) electrons. The second kappa shape index (κ2) is 7.45. The van der Waals surface area contributed by atoms with Crippen molar-refractivity contribution in [2.24, 2.45) is 5.92 Å². The average Bonchev–Trinajstić information content (AvgIpc) is 2.99. The van der Waals surface area contributed by atoms with Gasteiger partial charge < -0.3 is 15.1 Å². The molecule has 1 aliphatic heterocycles. The summed E-state index contributed by atoms with van der Waals surface area (Å²) in [7, 11) is 3.53. The summed E-state index contributed by atoms with van der Waals surface area (Å²) in [5.74, 6) is 0.0582. The normalized spacial score (nSPS) is 18.4. The molecule has 116 valence electrons. The summed E-state index contributed by atoms with van der Waals surface area (Å²) in [6, 6.07) is 4.04. The molecule has 1 atom stereocenters. The molecule has 2 rings (SSSR count). The quantitative estimate of drug-likeness (QED) is 0.922. The summed E-state index contributed by atoms with van der Waals surface area (Å²) in [6.45, 7) is 1.91. The molecule has 1 saturated heterocycles. The van der Waals surface area contributed by atoms with Crippen LogP contribution in [-0.4, -0.2) is 55.5 Å². The van der Waals surface area contributed by atoms with Crippen LogP contribution in [0.25, 0.3) is 0 Å². The summed E-state index contributed by atoms with van der Waals surface area (Å²) < 4.78 is 0. The Morgan fingerprint density at radius 2 is 2.29 bits per heavy atom. The highest BCUT2D eigenvalue weighted by Crippen LogP contribution is 2.18. The van der Waals surface area contributed by atoms with Gasteiger partial charge in [-0.2, -0.15) is 0 Å². The van der Waals surface area contributed by atoms with Crippen LogP contribution in [0.5, 0.6) is 0 Å². The standard InChI is InChI=1S/C15H23N3O2S/c1-17(2)14(19)12-5-3-9-18(11-12)15(20)16-8-7-13-6-4-10-21-13/h4,6,10,12H,3,5,7-9,11H2,1-2H3,(H,16,20). The summed E-state index contributed by atoms with van der Waals surface area (Å²) >= 11 is 1.70. The second-order valence-corrected chi connectivity index (χ2v) is 6.61. The molecular weight excluding hydrogens is 286 g/mol. The number of rotatable bonds is 4. The molecule has 1 fully saturated rings. The lowest BCUT2D eigenvalue weighted by molar-refractivity contribution is -0.134. The van der Waals surface area contributed by atoms with Gasteiger partial charge in [-0.3, -0.25) is 4.79 Å². The number of thiophene rings is 1. The molecule has 1 N–H and O–H groups in total. The minimum atomic E-state index is -0.0585. The number of nitrogens with one attached hydrogen (secondary N) is 1. The van der Waals surface area contributed by atoms with E-state index in [1.165, 1.54) is 4.88 Å². The Hall–Kier alpha value is -1.56. The fraction of sp³-hybridized carbons (Fsp3) is 0.600. The Labute approximate surface area is 129 Å². The first-order valence-corrected chi connectivity index (χ1v) is 8.22. The Bertz CT molecular complexity index is 473. The van der Waals surface area contributed by atoms with Gasteiger partial charge in [0.15, 0.2) is 0 Å². The van der Waals surface area contributed by atoms with E-state index in [-0.39, 0.29) is 17.9 Å². The number of nitrogens with zero attached hydrogens (tertiary/aromatic N) is 2.